The number of aliphatic hydroxyl groups excluding tert-OH is 2. The summed E-state index contributed by atoms with van der Waals surface area (Å²) in [5.74, 6) is 2.03. The van der Waals surface area contributed by atoms with E-state index in [9.17, 15) is 23.4 Å². The molecule has 3 aliphatic rings. The highest BCUT2D eigenvalue weighted by atomic mass is 19.4. The average molecular weight is 604 g/mol. The van der Waals surface area contributed by atoms with Gasteiger partial charge in [-0.1, -0.05) is 0 Å². The molecule has 1 aliphatic heterocycles. The molecule has 3 aromatic rings. The summed E-state index contributed by atoms with van der Waals surface area (Å²) in [6, 6.07) is 2.74. The minimum Gasteiger partial charge on any atom is -0.469 e. The Balaban J connectivity index is 0.979. The van der Waals surface area contributed by atoms with Crippen molar-refractivity contribution in [2.24, 2.45) is 12.5 Å². The number of alkyl halides is 3. The fourth-order valence-corrected chi connectivity index (χ4v) is 7.12. The second-order valence-electron chi connectivity index (χ2n) is 12.7. The molecule has 6 rings (SSSR count). The summed E-state index contributed by atoms with van der Waals surface area (Å²) in [4.78, 5) is 6.30. The van der Waals surface area contributed by atoms with Gasteiger partial charge in [-0.15, -0.1) is 10.2 Å². The lowest BCUT2D eigenvalue weighted by Gasteiger charge is -2.53. The molecule has 2 saturated carbocycles. The van der Waals surface area contributed by atoms with Gasteiger partial charge < -0.3 is 19.5 Å². The fourth-order valence-electron chi connectivity index (χ4n) is 7.12. The number of nitrogens with zero attached hydrogens (tertiary/aromatic N) is 7. The van der Waals surface area contributed by atoms with Crippen LogP contribution in [0, 0.1) is 5.41 Å². The van der Waals surface area contributed by atoms with Crippen LogP contribution < -0.4 is 4.74 Å². The van der Waals surface area contributed by atoms with Gasteiger partial charge in [-0.2, -0.15) is 18.3 Å². The van der Waals surface area contributed by atoms with E-state index in [0.717, 1.165) is 88.6 Å². The van der Waals surface area contributed by atoms with E-state index in [1.807, 2.05) is 17.8 Å². The van der Waals surface area contributed by atoms with Gasteiger partial charge in [0.1, 0.15) is 12.4 Å². The van der Waals surface area contributed by atoms with Crippen LogP contribution in [0.15, 0.2) is 30.7 Å². The molecule has 4 heterocycles. The molecule has 10 nitrogen and oxygen atoms in total. The quantitative estimate of drug-likeness (QED) is 0.374. The largest absolute Gasteiger partial charge is 0.469 e. The Morgan fingerprint density at radius 1 is 0.953 bits per heavy atom. The molecule has 3 aromatic heterocycles. The summed E-state index contributed by atoms with van der Waals surface area (Å²) in [7, 11) is 1.87. The second-order valence-corrected chi connectivity index (χ2v) is 12.7. The monoisotopic (exact) mass is 603 g/mol. The van der Waals surface area contributed by atoms with Gasteiger partial charge >= 0.3 is 6.18 Å². The van der Waals surface area contributed by atoms with Crippen LogP contribution in [0.25, 0.3) is 0 Å². The molecule has 234 valence electrons. The van der Waals surface area contributed by atoms with Crippen LogP contribution in [-0.4, -0.2) is 77.0 Å². The molecule has 2 N–H and O–H groups in total. The van der Waals surface area contributed by atoms with Crippen molar-refractivity contribution in [1.29, 1.82) is 0 Å². The first-order valence-electron chi connectivity index (χ1n) is 15.2. The first-order chi connectivity index (χ1) is 20.7. The number of likely N-dealkylation sites (tertiary alicyclic amines) is 1. The van der Waals surface area contributed by atoms with Crippen molar-refractivity contribution in [3.63, 3.8) is 0 Å². The van der Waals surface area contributed by atoms with E-state index in [2.05, 4.69) is 31.0 Å². The number of pyridine rings is 1. The minimum absolute atomic E-state index is 0.0155. The number of rotatable bonds is 9. The molecule has 0 spiro atoms. The van der Waals surface area contributed by atoms with E-state index < -0.39 is 11.7 Å². The van der Waals surface area contributed by atoms with Gasteiger partial charge in [0, 0.05) is 56.0 Å². The number of aliphatic hydroxyl groups is 2. The lowest BCUT2D eigenvalue weighted by molar-refractivity contribution is -0.137. The van der Waals surface area contributed by atoms with Crippen LogP contribution >= 0.6 is 0 Å². The lowest BCUT2D eigenvalue weighted by Crippen LogP contribution is -2.63. The van der Waals surface area contributed by atoms with Crippen LogP contribution in [0.1, 0.15) is 92.0 Å². The van der Waals surface area contributed by atoms with Gasteiger partial charge in [0.05, 0.1) is 31.0 Å². The lowest BCUT2D eigenvalue weighted by atomic mass is 9.78. The van der Waals surface area contributed by atoms with E-state index in [1.54, 1.807) is 0 Å². The van der Waals surface area contributed by atoms with E-state index in [-0.39, 0.29) is 37.0 Å². The predicted molar refractivity (Wildman–Crippen MR) is 150 cm³/mol. The summed E-state index contributed by atoms with van der Waals surface area (Å²) in [6.07, 6.45) is 9.30. The third-order valence-corrected chi connectivity index (χ3v) is 9.90. The molecule has 0 amide bonds. The van der Waals surface area contributed by atoms with Crippen LogP contribution in [-0.2, 0) is 19.8 Å². The maximum atomic E-state index is 13.0. The molecule has 0 atom stereocenters. The number of halogens is 3. The van der Waals surface area contributed by atoms with E-state index in [0.29, 0.717) is 23.8 Å². The Morgan fingerprint density at radius 3 is 2.30 bits per heavy atom. The van der Waals surface area contributed by atoms with E-state index in [1.165, 1.54) is 5.56 Å². The van der Waals surface area contributed by atoms with Crippen LogP contribution in [0.4, 0.5) is 13.2 Å². The van der Waals surface area contributed by atoms with Gasteiger partial charge in [-0.05, 0) is 68.9 Å². The first-order valence-corrected chi connectivity index (χ1v) is 15.2. The summed E-state index contributed by atoms with van der Waals surface area (Å²) >= 11 is 0. The minimum atomic E-state index is -4.46. The topological polar surface area (TPSA) is 114 Å². The van der Waals surface area contributed by atoms with Gasteiger partial charge in [0.25, 0.3) is 0 Å². The third-order valence-electron chi connectivity index (χ3n) is 9.90. The molecule has 0 bridgehead atoms. The summed E-state index contributed by atoms with van der Waals surface area (Å²) in [5, 5.41) is 32.6. The van der Waals surface area contributed by atoms with Gasteiger partial charge in [0.2, 0.25) is 5.88 Å². The number of hydrogen-bond donors (Lipinski definition) is 2. The molecule has 0 aromatic carbocycles. The molecule has 3 fully saturated rings. The molecule has 2 aliphatic carbocycles. The average Bonchev–Trinajstić information content (AvgIpc) is 3.63. The highest BCUT2D eigenvalue weighted by molar-refractivity contribution is 5.23. The van der Waals surface area contributed by atoms with Crippen molar-refractivity contribution in [3.05, 3.63) is 53.5 Å². The number of ether oxygens (including phenoxy) is 1. The van der Waals surface area contributed by atoms with E-state index in [4.69, 9.17) is 9.84 Å². The highest BCUT2D eigenvalue weighted by Crippen LogP contribution is 2.41. The van der Waals surface area contributed by atoms with E-state index >= 15 is 0 Å². The normalized spacial score (nSPS) is 26.3. The van der Waals surface area contributed by atoms with Crippen LogP contribution in [0.3, 0.4) is 0 Å². The molecule has 13 heteroatoms. The predicted octanol–water partition coefficient (Wildman–Crippen LogP) is 4.22. The van der Waals surface area contributed by atoms with Crippen molar-refractivity contribution in [1.82, 2.24) is 34.4 Å². The number of hydrogen-bond acceptors (Lipinski definition) is 8. The Kier molecular flexibility index (Phi) is 8.49. The third kappa shape index (κ3) is 6.30. The van der Waals surface area contributed by atoms with Gasteiger partial charge in [0.15, 0.2) is 5.82 Å². The van der Waals surface area contributed by atoms with Gasteiger partial charge in [-0.25, -0.2) is 4.98 Å². The Bertz CT molecular complexity index is 1370. The smallest absolute Gasteiger partial charge is 0.416 e. The summed E-state index contributed by atoms with van der Waals surface area (Å²) in [6.45, 7) is 1.64. The van der Waals surface area contributed by atoms with Crippen LogP contribution in [0.5, 0.6) is 5.88 Å². The molecule has 0 radical (unpaired) electrons. The zero-order valence-corrected chi connectivity index (χ0v) is 24.5. The Labute approximate surface area is 248 Å². The molecule has 1 saturated heterocycles. The Morgan fingerprint density at radius 2 is 1.63 bits per heavy atom. The molecular weight excluding hydrogens is 563 g/mol. The molecule has 43 heavy (non-hydrogen) atoms. The van der Waals surface area contributed by atoms with Gasteiger partial charge in [-0.3, -0.25) is 9.58 Å². The maximum Gasteiger partial charge on any atom is 0.416 e. The zero-order valence-electron chi connectivity index (χ0n) is 24.5. The van der Waals surface area contributed by atoms with Crippen LogP contribution in [0.2, 0.25) is 0 Å². The van der Waals surface area contributed by atoms with Crippen molar-refractivity contribution in [2.75, 3.05) is 26.3 Å². The summed E-state index contributed by atoms with van der Waals surface area (Å²) < 4.78 is 48.5. The molecular formula is C30H40F3N7O3. The summed E-state index contributed by atoms with van der Waals surface area (Å²) in [5.41, 5.74) is 0.173. The first kappa shape index (κ1) is 30.0. The van der Waals surface area contributed by atoms with Crippen molar-refractivity contribution in [3.8, 4) is 5.88 Å². The number of aromatic nitrogens is 6. The SMILES string of the molecule is Cn1c(COc2cc(C(F)(F)F)ccn2)nnc1C1CCC(c2cnn(C3CCC(N4CC(CO)(CO)C4)CC3)c2)CC1. The van der Waals surface area contributed by atoms with Crippen molar-refractivity contribution >= 4 is 0 Å². The van der Waals surface area contributed by atoms with Crippen molar-refractivity contribution in [2.45, 2.75) is 88.1 Å². The second kappa shape index (κ2) is 12.2. The maximum absolute atomic E-state index is 13.0. The Hall–Kier alpha value is -3.03. The zero-order chi connectivity index (χ0) is 30.2. The van der Waals surface area contributed by atoms with Crippen molar-refractivity contribution < 1.29 is 28.1 Å². The standard InChI is InChI=1S/C30H40F3N7O3/c1-38-26(15-43-27-12-23(10-11-34-27)30(31,32)33)36-37-28(38)21-4-2-20(3-5-21)22-13-35-40(14-22)25-8-6-24(7-9-25)39-16-29(17-39,18-41)19-42/h10-14,20-21,24-25,41-42H,2-9,15-19H2,1H3. The molecule has 0 unspecified atom stereocenters. The highest BCUT2D eigenvalue weighted by Gasteiger charge is 2.45. The fraction of sp³-hybridized carbons (Fsp3) is 0.667.